The van der Waals surface area contributed by atoms with Gasteiger partial charge in [0.15, 0.2) is 23.4 Å². The van der Waals surface area contributed by atoms with Crippen LogP contribution in [0.5, 0.6) is 11.5 Å². The van der Waals surface area contributed by atoms with Gasteiger partial charge in [-0.3, -0.25) is 9.69 Å². The number of hydrogen-bond acceptors (Lipinski definition) is 5. The second-order valence-corrected chi connectivity index (χ2v) is 7.48. The Morgan fingerprint density at radius 2 is 2.22 bits per heavy atom. The lowest BCUT2D eigenvalue weighted by Crippen LogP contribution is -2.71. The number of carbonyl (C=O) groups is 1. The maximum Gasteiger partial charge on any atom is 0.174 e. The number of piperidine rings is 1. The molecule has 0 radical (unpaired) electrons. The molecule has 1 N–H and O–H groups in total. The summed E-state index contributed by atoms with van der Waals surface area (Å²) in [4.78, 5) is 14.9. The van der Waals surface area contributed by atoms with Crippen LogP contribution >= 0.6 is 0 Å². The summed E-state index contributed by atoms with van der Waals surface area (Å²) in [6, 6.07) is 4.20. The first-order valence-corrected chi connectivity index (χ1v) is 8.31. The van der Waals surface area contributed by atoms with Gasteiger partial charge in [-0.2, -0.15) is 0 Å². The van der Waals surface area contributed by atoms with E-state index < -0.39 is 17.1 Å². The molecular weight excluding hydrogens is 294 g/mol. The van der Waals surface area contributed by atoms with Crippen molar-refractivity contribution in [2.75, 3.05) is 14.2 Å². The number of hydrogen-bond donors (Lipinski definition) is 1. The minimum Gasteiger partial charge on any atom is -0.493 e. The molecule has 1 saturated carbocycles. The zero-order chi connectivity index (χ0) is 16.1. The molecule has 5 atom stereocenters. The number of aliphatic hydroxyl groups is 1. The van der Waals surface area contributed by atoms with Crippen molar-refractivity contribution < 1.29 is 19.4 Å². The Balaban J connectivity index is 1.88. The molecule has 2 fully saturated rings. The highest BCUT2D eigenvalue weighted by Gasteiger charge is 2.74. The van der Waals surface area contributed by atoms with Gasteiger partial charge >= 0.3 is 0 Å². The number of carbonyl (C=O) groups excluding carboxylic acids is 1. The van der Waals surface area contributed by atoms with E-state index in [-0.39, 0.29) is 17.9 Å². The van der Waals surface area contributed by atoms with Crippen LogP contribution in [0.4, 0.5) is 0 Å². The molecule has 4 aliphatic rings. The smallest absolute Gasteiger partial charge is 0.174 e. The Bertz CT molecular complexity index is 747. The Morgan fingerprint density at radius 3 is 2.96 bits per heavy atom. The summed E-state index contributed by atoms with van der Waals surface area (Å²) in [5.41, 5.74) is 0.652. The van der Waals surface area contributed by atoms with E-state index in [2.05, 4.69) is 24.9 Å². The number of benzene rings is 1. The molecule has 2 bridgehead atoms. The quantitative estimate of drug-likeness (QED) is 0.852. The molecular formula is C18H21NO4. The monoisotopic (exact) mass is 315 g/mol. The fraction of sp³-hybridized carbons (Fsp3) is 0.611. The number of fused-ring (bicyclic) bond motifs is 2. The van der Waals surface area contributed by atoms with Gasteiger partial charge in [0.05, 0.1) is 18.1 Å². The molecule has 122 valence electrons. The van der Waals surface area contributed by atoms with Gasteiger partial charge in [-0.05, 0) is 38.4 Å². The van der Waals surface area contributed by atoms with Gasteiger partial charge in [0.1, 0.15) is 0 Å². The average molecular weight is 315 g/mol. The van der Waals surface area contributed by atoms with E-state index in [4.69, 9.17) is 9.47 Å². The van der Waals surface area contributed by atoms with E-state index >= 15 is 0 Å². The predicted octanol–water partition coefficient (Wildman–Crippen LogP) is 1.57. The molecule has 1 saturated heterocycles. The van der Waals surface area contributed by atoms with Gasteiger partial charge in [-0.25, -0.2) is 0 Å². The van der Waals surface area contributed by atoms with Crippen molar-refractivity contribution in [3.05, 3.63) is 23.3 Å². The fourth-order valence-corrected chi connectivity index (χ4v) is 5.75. The number of Topliss-reactive ketones (excluding diaryl/α,β-unsaturated/α-hetero) is 1. The molecule has 5 unspecified atom stereocenters. The second-order valence-electron chi connectivity index (χ2n) is 7.48. The minimum absolute atomic E-state index is 0.0233. The van der Waals surface area contributed by atoms with Crippen LogP contribution in [0.25, 0.3) is 0 Å². The number of ether oxygens (including phenoxy) is 2. The number of likely N-dealkylation sites (N-methyl/N-ethyl adjacent to an activating group) is 1. The molecule has 0 amide bonds. The number of likely N-dealkylation sites (tertiary alicyclic amines) is 1. The van der Waals surface area contributed by atoms with Crippen LogP contribution in [0, 0.1) is 0 Å². The molecule has 2 aliphatic heterocycles. The van der Waals surface area contributed by atoms with Crippen LogP contribution in [0.2, 0.25) is 0 Å². The highest BCUT2D eigenvalue weighted by molar-refractivity contribution is 5.90. The summed E-state index contributed by atoms with van der Waals surface area (Å²) in [7, 11) is 3.69. The minimum atomic E-state index is -0.945. The summed E-state index contributed by atoms with van der Waals surface area (Å²) in [5, 5.41) is 11.7. The number of rotatable bonds is 1. The molecule has 1 aromatic carbocycles. The van der Waals surface area contributed by atoms with Gasteiger partial charge in [0, 0.05) is 24.1 Å². The Morgan fingerprint density at radius 1 is 1.43 bits per heavy atom. The summed E-state index contributed by atoms with van der Waals surface area (Å²) in [6.45, 7) is 2.07. The summed E-state index contributed by atoms with van der Waals surface area (Å²) in [6.07, 6.45) is 1.04. The van der Waals surface area contributed by atoms with Crippen molar-refractivity contribution in [1.29, 1.82) is 0 Å². The largest absolute Gasteiger partial charge is 0.493 e. The maximum atomic E-state index is 12.6. The van der Waals surface area contributed by atoms with Crippen molar-refractivity contribution in [3.63, 3.8) is 0 Å². The summed E-state index contributed by atoms with van der Waals surface area (Å²) < 4.78 is 11.6. The van der Waals surface area contributed by atoms with E-state index in [1.54, 1.807) is 7.11 Å². The first kappa shape index (κ1) is 13.8. The van der Waals surface area contributed by atoms with Gasteiger partial charge in [-0.15, -0.1) is 0 Å². The SMILES string of the molecule is COc1ccc2c3c1OC1C(=O)CCC4(O)C(C)N(C)C2CC314. The van der Waals surface area contributed by atoms with Crippen LogP contribution in [0.1, 0.15) is 43.4 Å². The summed E-state index contributed by atoms with van der Waals surface area (Å²) in [5.74, 6) is 1.44. The standard InChI is InChI=1S/C18H21NO4/c1-9-18(21)7-6-12(20)16-17(18)8-11(19(9)2)10-4-5-13(22-3)15(23-16)14(10)17/h4-5,9,11,16,21H,6-8H2,1-3H3. The van der Waals surface area contributed by atoms with Crippen LogP contribution in [0.3, 0.4) is 0 Å². The van der Waals surface area contributed by atoms with Crippen LogP contribution < -0.4 is 9.47 Å². The van der Waals surface area contributed by atoms with Crippen LogP contribution in [-0.2, 0) is 10.2 Å². The third kappa shape index (κ3) is 1.22. The average Bonchev–Trinajstić information content (AvgIpc) is 3.06. The maximum absolute atomic E-state index is 12.6. The number of methoxy groups -OCH3 is 1. The zero-order valence-corrected chi connectivity index (χ0v) is 13.6. The van der Waals surface area contributed by atoms with Crippen LogP contribution in [0.15, 0.2) is 12.1 Å². The molecule has 0 aromatic heterocycles. The molecule has 5 heteroatoms. The fourth-order valence-electron chi connectivity index (χ4n) is 5.75. The lowest BCUT2D eigenvalue weighted by molar-refractivity contribution is -0.182. The van der Waals surface area contributed by atoms with E-state index in [1.165, 1.54) is 5.56 Å². The third-order valence-electron chi connectivity index (χ3n) is 6.99. The normalized spacial score (nSPS) is 43.3. The van der Waals surface area contributed by atoms with Crippen molar-refractivity contribution in [2.45, 2.75) is 55.4 Å². The van der Waals surface area contributed by atoms with E-state index in [9.17, 15) is 9.90 Å². The molecule has 5 rings (SSSR count). The highest BCUT2D eigenvalue weighted by atomic mass is 16.5. The predicted molar refractivity (Wildman–Crippen MR) is 82.9 cm³/mol. The first-order chi connectivity index (χ1) is 11.0. The zero-order valence-electron chi connectivity index (χ0n) is 13.6. The molecule has 1 spiro atoms. The Hall–Kier alpha value is -1.59. The topological polar surface area (TPSA) is 59.0 Å². The van der Waals surface area contributed by atoms with Gasteiger partial charge < -0.3 is 14.6 Å². The highest BCUT2D eigenvalue weighted by Crippen LogP contribution is 2.69. The molecule has 2 aliphatic carbocycles. The van der Waals surface area contributed by atoms with E-state index in [0.29, 0.717) is 24.3 Å². The molecule has 1 aromatic rings. The Kier molecular flexibility index (Phi) is 2.34. The van der Waals surface area contributed by atoms with E-state index in [1.807, 2.05) is 6.07 Å². The lowest BCUT2D eigenvalue weighted by atomic mass is 9.55. The number of nitrogens with zero attached hydrogens (tertiary/aromatic N) is 1. The van der Waals surface area contributed by atoms with Crippen molar-refractivity contribution in [1.82, 2.24) is 4.90 Å². The second kappa shape index (κ2) is 3.90. The van der Waals surface area contributed by atoms with Gasteiger partial charge in [0.2, 0.25) is 0 Å². The Labute approximate surface area is 135 Å². The van der Waals surface area contributed by atoms with Crippen molar-refractivity contribution in [2.24, 2.45) is 0 Å². The van der Waals surface area contributed by atoms with E-state index in [0.717, 1.165) is 12.0 Å². The third-order valence-corrected chi connectivity index (χ3v) is 6.99. The van der Waals surface area contributed by atoms with Gasteiger partial charge in [0.25, 0.3) is 0 Å². The molecule has 23 heavy (non-hydrogen) atoms. The van der Waals surface area contributed by atoms with Crippen LogP contribution in [-0.4, -0.2) is 47.7 Å². The number of ketones is 1. The lowest BCUT2D eigenvalue weighted by Gasteiger charge is -2.57. The first-order valence-electron chi connectivity index (χ1n) is 8.31. The van der Waals surface area contributed by atoms with Crippen molar-refractivity contribution >= 4 is 5.78 Å². The molecule has 2 heterocycles. The molecule has 5 nitrogen and oxygen atoms in total. The van der Waals surface area contributed by atoms with Gasteiger partial charge in [-0.1, -0.05) is 6.07 Å². The summed E-state index contributed by atoms with van der Waals surface area (Å²) >= 11 is 0. The van der Waals surface area contributed by atoms with Crippen molar-refractivity contribution in [3.8, 4) is 11.5 Å².